The van der Waals surface area contributed by atoms with Crippen molar-refractivity contribution < 1.29 is 0 Å². The van der Waals surface area contributed by atoms with Gasteiger partial charge in [0.25, 0.3) is 0 Å². The number of unbranched alkanes of at least 4 members (excludes halogenated alkanes) is 15. The summed E-state index contributed by atoms with van der Waals surface area (Å²) < 4.78 is 0. The van der Waals surface area contributed by atoms with Crippen molar-refractivity contribution in [2.75, 3.05) is 0 Å². The number of hydrogen-bond acceptors (Lipinski definition) is 0. The van der Waals surface area contributed by atoms with Gasteiger partial charge in [-0.2, -0.15) is 0 Å². The van der Waals surface area contributed by atoms with E-state index in [2.05, 4.69) is 20.8 Å². The predicted molar refractivity (Wildman–Crippen MR) is 122 cm³/mol. The van der Waals surface area contributed by atoms with Gasteiger partial charge >= 0.3 is 0 Å². The largest absolute Gasteiger partial charge is 0.0654 e. The normalized spacial score (nSPS) is 12.0. The van der Waals surface area contributed by atoms with Crippen LogP contribution in [0.5, 0.6) is 0 Å². The van der Waals surface area contributed by atoms with E-state index in [-0.39, 0.29) is 0 Å². The molecule has 0 bridgehead atoms. The summed E-state index contributed by atoms with van der Waals surface area (Å²) in [5, 5.41) is 0. The van der Waals surface area contributed by atoms with Gasteiger partial charge in [0.1, 0.15) is 0 Å². The van der Waals surface area contributed by atoms with Crippen molar-refractivity contribution >= 4 is 0 Å². The van der Waals surface area contributed by atoms with E-state index in [0.29, 0.717) is 5.41 Å². The summed E-state index contributed by atoms with van der Waals surface area (Å²) in [7, 11) is 0. The van der Waals surface area contributed by atoms with Gasteiger partial charge in [-0.3, -0.25) is 0 Å². The number of hydrogen-bond donors (Lipinski definition) is 0. The quantitative estimate of drug-likeness (QED) is 0.177. The Labute approximate surface area is 168 Å². The van der Waals surface area contributed by atoms with Crippen molar-refractivity contribution in [1.82, 2.24) is 0 Å². The molecule has 0 aromatic carbocycles. The van der Waals surface area contributed by atoms with E-state index in [1.54, 1.807) is 0 Å². The molecule has 0 N–H and O–H groups in total. The van der Waals surface area contributed by atoms with Crippen LogP contribution in [0.3, 0.4) is 0 Å². The van der Waals surface area contributed by atoms with Crippen LogP contribution in [0.4, 0.5) is 0 Å². The Bertz CT molecular complexity index is 214. The van der Waals surface area contributed by atoms with Crippen LogP contribution in [0, 0.1) is 12.3 Å². The smallest absolute Gasteiger partial charge is 0.0297 e. The molecule has 0 aromatic rings. The summed E-state index contributed by atoms with van der Waals surface area (Å²) in [6, 6.07) is 0. The van der Waals surface area contributed by atoms with Gasteiger partial charge in [0, 0.05) is 0 Å². The first-order valence-corrected chi connectivity index (χ1v) is 12.5. The van der Waals surface area contributed by atoms with Crippen LogP contribution in [0.1, 0.15) is 156 Å². The average Bonchev–Trinajstić information content (AvgIpc) is 2.64. The van der Waals surface area contributed by atoms with Gasteiger partial charge < -0.3 is 0 Å². The molecule has 0 aliphatic carbocycles. The first kappa shape index (κ1) is 26.0. The van der Waals surface area contributed by atoms with Crippen LogP contribution in [-0.4, -0.2) is 0 Å². The first-order chi connectivity index (χ1) is 12.7. The molecule has 0 fully saturated rings. The lowest BCUT2D eigenvalue weighted by Gasteiger charge is -2.30. The van der Waals surface area contributed by atoms with Gasteiger partial charge in [0.15, 0.2) is 0 Å². The van der Waals surface area contributed by atoms with Gasteiger partial charge in [0.2, 0.25) is 0 Å². The van der Waals surface area contributed by atoms with Crippen LogP contribution in [-0.2, 0) is 0 Å². The third-order valence-corrected chi connectivity index (χ3v) is 6.18. The fraction of sp³-hybridized carbons (Fsp3) is 0.962. The third-order valence-electron chi connectivity index (χ3n) is 6.18. The molecular formula is C26H53. The Hall–Kier alpha value is 0. The van der Waals surface area contributed by atoms with Crippen molar-refractivity contribution in [2.24, 2.45) is 5.41 Å². The molecule has 1 radical (unpaired) electrons. The standard InChI is InChI=1S/C26H53/c1-5-8-11-14-17-20-23-26(4,24-21-18-15-12-9-6-2)25-22-19-16-13-10-7-3/h4-25H2,1-3H3. The van der Waals surface area contributed by atoms with Crippen molar-refractivity contribution in [1.29, 1.82) is 0 Å². The summed E-state index contributed by atoms with van der Waals surface area (Å²) >= 11 is 0. The second kappa shape index (κ2) is 19.8. The average molecular weight is 366 g/mol. The van der Waals surface area contributed by atoms with Crippen LogP contribution in [0.2, 0.25) is 0 Å². The molecule has 0 aromatic heterocycles. The lowest BCUT2D eigenvalue weighted by atomic mass is 9.75. The molecule has 0 unspecified atom stereocenters. The minimum atomic E-state index is 0.389. The van der Waals surface area contributed by atoms with Gasteiger partial charge in [-0.15, -0.1) is 0 Å². The molecule has 0 saturated heterocycles. The minimum absolute atomic E-state index is 0.389. The molecule has 0 saturated carbocycles. The maximum atomic E-state index is 4.77. The summed E-state index contributed by atoms with van der Waals surface area (Å²) in [6.07, 6.45) is 29.7. The van der Waals surface area contributed by atoms with Gasteiger partial charge in [0.05, 0.1) is 0 Å². The number of rotatable bonds is 21. The summed E-state index contributed by atoms with van der Waals surface area (Å²) in [5.74, 6) is 0. The van der Waals surface area contributed by atoms with E-state index in [1.807, 2.05) is 0 Å². The van der Waals surface area contributed by atoms with Crippen molar-refractivity contribution in [2.45, 2.75) is 156 Å². The summed E-state index contributed by atoms with van der Waals surface area (Å²) in [5.41, 5.74) is 0.389. The van der Waals surface area contributed by atoms with Crippen LogP contribution < -0.4 is 0 Å². The van der Waals surface area contributed by atoms with Crippen LogP contribution >= 0.6 is 0 Å². The summed E-state index contributed by atoms with van der Waals surface area (Å²) in [4.78, 5) is 0. The highest BCUT2D eigenvalue weighted by Gasteiger charge is 2.22. The van der Waals surface area contributed by atoms with Crippen molar-refractivity contribution in [3.05, 3.63) is 6.92 Å². The molecule has 0 spiro atoms. The Morgan fingerprint density at radius 3 is 0.885 bits per heavy atom. The molecular weight excluding hydrogens is 312 g/mol. The minimum Gasteiger partial charge on any atom is -0.0654 e. The fourth-order valence-corrected chi connectivity index (χ4v) is 4.22. The maximum Gasteiger partial charge on any atom is -0.0297 e. The lowest BCUT2D eigenvalue weighted by molar-refractivity contribution is 0.260. The van der Waals surface area contributed by atoms with Crippen molar-refractivity contribution in [3.63, 3.8) is 0 Å². The Kier molecular flexibility index (Phi) is 19.8. The third kappa shape index (κ3) is 17.4. The molecule has 0 aliphatic heterocycles. The molecule has 157 valence electrons. The molecule has 0 heterocycles. The predicted octanol–water partition coefficient (Wildman–Crippen LogP) is 10.1. The Morgan fingerprint density at radius 2 is 0.615 bits per heavy atom. The van der Waals surface area contributed by atoms with Gasteiger partial charge in [-0.25, -0.2) is 0 Å². The highest BCUT2D eigenvalue weighted by molar-refractivity contribution is 4.82. The highest BCUT2D eigenvalue weighted by atomic mass is 14.3. The van der Waals surface area contributed by atoms with E-state index < -0.39 is 0 Å². The topological polar surface area (TPSA) is 0 Å². The maximum absolute atomic E-state index is 4.77. The zero-order valence-corrected chi connectivity index (χ0v) is 19.1. The molecule has 0 atom stereocenters. The second-order valence-electron chi connectivity index (χ2n) is 9.05. The molecule has 0 rings (SSSR count). The van der Waals surface area contributed by atoms with Crippen LogP contribution in [0.25, 0.3) is 0 Å². The second-order valence-corrected chi connectivity index (χ2v) is 9.05. The van der Waals surface area contributed by atoms with E-state index in [9.17, 15) is 0 Å². The molecule has 26 heavy (non-hydrogen) atoms. The van der Waals surface area contributed by atoms with E-state index in [4.69, 9.17) is 6.92 Å². The van der Waals surface area contributed by atoms with Crippen LogP contribution in [0.15, 0.2) is 0 Å². The van der Waals surface area contributed by atoms with Gasteiger partial charge in [-0.1, -0.05) is 136 Å². The monoisotopic (exact) mass is 365 g/mol. The van der Waals surface area contributed by atoms with Gasteiger partial charge in [-0.05, 0) is 31.6 Å². The molecule has 0 amide bonds. The van der Waals surface area contributed by atoms with Crippen molar-refractivity contribution in [3.8, 4) is 0 Å². The first-order valence-electron chi connectivity index (χ1n) is 12.5. The zero-order valence-electron chi connectivity index (χ0n) is 19.1. The lowest BCUT2D eigenvalue weighted by Crippen LogP contribution is -2.17. The molecule has 0 heteroatoms. The zero-order chi connectivity index (χ0) is 19.3. The Morgan fingerprint density at radius 1 is 0.385 bits per heavy atom. The Balaban J connectivity index is 4.02. The molecule has 0 aliphatic rings. The SMILES string of the molecule is [CH2]C(CCCCCCCC)(CCCCCCCC)CCCCCCCC. The van der Waals surface area contributed by atoms with E-state index in [1.165, 1.54) is 135 Å². The fourth-order valence-electron chi connectivity index (χ4n) is 4.22. The highest BCUT2D eigenvalue weighted by Crippen LogP contribution is 2.36. The van der Waals surface area contributed by atoms with E-state index in [0.717, 1.165) is 0 Å². The van der Waals surface area contributed by atoms with E-state index >= 15 is 0 Å². The summed E-state index contributed by atoms with van der Waals surface area (Å²) in [6.45, 7) is 11.7. The molecule has 0 nitrogen and oxygen atoms in total.